The Morgan fingerprint density at radius 3 is 2.94 bits per heavy atom. The van der Waals surface area contributed by atoms with E-state index in [2.05, 4.69) is 33.8 Å². The molecule has 2 rings (SSSR count). The van der Waals surface area contributed by atoms with Gasteiger partial charge < -0.3 is 4.74 Å². The molecule has 1 aromatic rings. The molecule has 1 aromatic carbocycles. The summed E-state index contributed by atoms with van der Waals surface area (Å²) in [5, 5.41) is 0.325. The van der Waals surface area contributed by atoms with E-state index < -0.39 is 0 Å². The number of methoxy groups -OCH3 is 1. The van der Waals surface area contributed by atoms with Crippen molar-refractivity contribution in [2.45, 2.75) is 25.3 Å². The summed E-state index contributed by atoms with van der Waals surface area (Å²) in [7, 11) is 1.72. The maximum absolute atomic E-state index is 6.26. The highest BCUT2D eigenvalue weighted by Crippen LogP contribution is 2.27. The second kappa shape index (κ2) is 6.27. The van der Waals surface area contributed by atoms with E-state index in [-0.39, 0.29) is 0 Å². The smallest absolute Gasteiger partial charge is 0.123 e. The van der Waals surface area contributed by atoms with Crippen LogP contribution in [0, 0.1) is 5.92 Å². The molecule has 0 radical (unpaired) electrons. The third kappa shape index (κ3) is 3.40. The van der Waals surface area contributed by atoms with Crippen LogP contribution in [0.3, 0.4) is 0 Å². The van der Waals surface area contributed by atoms with Crippen LogP contribution in [0.4, 0.5) is 0 Å². The van der Waals surface area contributed by atoms with Crippen LogP contribution >= 0.6 is 27.5 Å². The summed E-state index contributed by atoms with van der Waals surface area (Å²) in [6, 6.07) is 6.16. The molecule has 1 heterocycles. The summed E-state index contributed by atoms with van der Waals surface area (Å²) in [6.45, 7) is 5.27. The Balaban J connectivity index is 2.07. The monoisotopic (exact) mass is 331 g/mol. The first kappa shape index (κ1) is 14.2. The zero-order valence-electron chi connectivity index (χ0n) is 10.8. The van der Waals surface area contributed by atoms with Gasteiger partial charge in [-0.3, -0.25) is 4.90 Å². The molecule has 18 heavy (non-hydrogen) atoms. The average molecular weight is 333 g/mol. The molecule has 1 aliphatic rings. The van der Waals surface area contributed by atoms with E-state index in [9.17, 15) is 0 Å². The summed E-state index contributed by atoms with van der Waals surface area (Å²) in [5.74, 6) is 1.51. The van der Waals surface area contributed by atoms with Crippen LogP contribution in [0.1, 0.15) is 18.9 Å². The lowest BCUT2D eigenvalue weighted by Gasteiger charge is -2.34. The molecule has 1 saturated heterocycles. The van der Waals surface area contributed by atoms with Gasteiger partial charge >= 0.3 is 0 Å². The van der Waals surface area contributed by atoms with E-state index in [0.717, 1.165) is 36.3 Å². The van der Waals surface area contributed by atoms with Crippen molar-refractivity contribution in [2.24, 2.45) is 5.92 Å². The highest BCUT2D eigenvalue weighted by atomic mass is 79.9. The lowest BCUT2D eigenvalue weighted by atomic mass is 9.99. The molecular weight excluding hydrogens is 314 g/mol. The minimum absolute atomic E-state index is 0.325. The zero-order valence-corrected chi connectivity index (χ0v) is 13.2. The summed E-state index contributed by atoms with van der Waals surface area (Å²) in [4.78, 5) is 2.45. The Kier molecular flexibility index (Phi) is 4.93. The minimum atomic E-state index is 0.325. The Labute approximate surface area is 122 Å². The molecule has 0 aliphatic carbocycles. The molecule has 0 spiro atoms. The van der Waals surface area contributed by atoms with Crippen LogP contribution in [-0.2, 0) is 6.54 Å². The molecule has 2 unspecified atom stereocenters. The number of likely N-dealkylation sites (tertiary alicyclic amines) is 1. The summed E-state index contributed by atoms with van der Waals surface area (Å²) < 4.78 is 6.51. The fourth-order valence-electron chi connectivity index (χ4n) is 2.46. The van der Waals surface area contributed by atoms with Gasteiger partial charge in [0.1, 0.15) is 5.75 Å². The lowest BCUT2D eigenvalue weighted by Crippen LogP contribution is -2.39. The fraction of sp³-hybridized carbons (Fsp3) is 0.571. The van der Waals surface area contributed by atoms with Crippen molar-refractivity contribution < 1.29 is 4.74 Å². The van der Waals surface area contributed by atoms with Crippen molar-refractivity contribution in [1.29, 1.82) is 0 Å². The number of hydrogen-bond donors (Lipinski definition) is 0. The van der Waals surface area contributed by atoms with E-state index in [0.29, 0.717) is 11.3 Å². The first-order valence-electron chi connectivity index (χ1n) is 6.29. The summed E-state index contributed by atoms with van der Waals surface area (Å²) in [6.07, 6.45) is 1.07. The van der Waals surface area contributed by atoms with Gasteiger partial charge in [-0.2, -0.15) is 0 Å². The van der Waals surface area contributed by atoms with E-state index in [1.54, 1.807) is 7.11 Å². The largest absolute Gasteiger partial charge is 0.496 e. The molecule has 0 N–H and O–H groups in total. The standard InChI is InChI=1S/C14H19BrClNO/c1-10-8-17(6-5-13(10)16)9-11-7-12(15)3-4-14(11)18-2/h3-4,7,10,13H,5-6,8-9H2,1-2H3. The van der Waals surface area contributed by atoms with Gasteiger partial charge in [-0.25, -0.2) is 0 Å². The number of alkyl halides is 1. The Hall–Kier alpha value is -0.250. The number of halogens is 2. The van der Waals surface area contributed by atoms with Crippen molar-refractivity contribution in [3.8, 4) is 5.75 Å². The Morgan fingerprint density at radius 2 is 2.28 bits per heavy atom. The maximum Gasteiger partial charge on any atom is 0.123 e. The van der Waals surface area contributed by atoms with Gasteiger partial charge in [0.05, 0.1) is 7.11 Å². The topological polar surface area (TPSA) is 12.5 Å². The molecule has 1 aliphatic heterocycles. The van der Waals surface area contributed by atoms with Crippen molar-refractivity contribution in [3.63, 3.8) is 0 Å². The molecule has 0 aromatic heterocycles. The summed E-state index contributed by atoms with van der Waals surface area (Å²) >= 11 is 9.78. The number of piperidine rings is 1. The number of benzene rings is 1. The number of rotatable bonds is 3. The van der Waals surface area contributed by atoms with E-state index in [1.807, 2.05) is 12.1 Å². The molecule has 100 valence electrons. The number of ether oxygens (including phenoxy) is 1. The molecule has 0 amide bonds. The fourth-order valence-corrected chi connectivity index (χ4v) is 3.04. The van der Waals surface area contributed by atoms with Crippen LogP contribution in [0.25, 0.3) is 0 Å². The van der Waals surface area contributed by atoms with E-state index in [1.165, 1.54) is 5.56 Å². The number of nitrogens with zero attached hydrogens (tertiary/aromatic N) is 1. The van der Waals surface area contributed by atoms with Crippen LogP contribution < -0.4 is 4.74 Å². The quantitative estimate of drug-likeness (QED) is 0.778. The SMILES string of the molecule is COc1ccc(Br)cc1CN1CCC(Cl)C(C)C1. The number of hydrogen-bond acceptors (Lipinski definition) is 2. The average Bonchev–Trinajstić information content (AvgIpc) is 2.34. The molecule has 4 heteroatoms. The van der Waals surface area contributed by atoms with Gasteiger partial charge in [0, 0.05) is 28.5 Å². The Morgan fingerprint density at radius 1 is 1.50 bits per heavy atom. The molecule has 0 saturated carbocycles. The van der Waals surface area contributed by atoms with Crippen molar-refractivity contribution >= 4 is 27.5 Å². The van der Waals surface area contributed by atoms with Crippen molar-refractivity contribution in [2.75, 3.05) is 20.2 Å². The van der Waals surface area contributed by atoms with Gasteiger partial charge in [-0.1, -0.05) is 22.9 Å². The van der Waals surface area contributed by atoms with Gasteiger partial charge in [0.2, 0.25) is 0 Å². The molecule has 2 atom stereocenters. The lowest BCUT2D eigenvalue weighted by molar-refractivity contribution is 0.178. The molecule has 1 fully saturated rings. The highest BCUT2D eigenvalue weighted by Gasteiger charge is 2.24. The van der Waals surface area contributed by atoms with Crippen molar-refractivity contribution in [1.82, 2.24) is 4.90 Å². The second-order valence-corrected chi connectivity index (χ2v) is 6.45. The minimum Gasteiger partial charge on any atom is -0.496 e. The maximum atomic E-state index is 6.26. The van der Waals surface area contributed by atoms with Gasteiger partial charge in [-0.05, 0) is 37.1 Å². The molecule has 2 nitrogen and oxygen atoms in total. The second-order valence-electron chi connectivity index (χ2n) is 4.97. The highest BCUT2D eigenvalue weighted by molar-refractivity contribution is 9.10. The van der Waals surface area contributed by atoms with Crippen molar-refractivity contribution in [3.05, 3.63) is 28.2 Å². The van der Waals surface area contributed by atoms with E-state index in [4.69, 9.17) is 16.3 Å². The summed E-state index contributed by atoms with van der Waals surface area (Å²) in [5.41, 5.74) is 1.23. The van der Waals surface area contributed by atoms with Crippen LogP contribution in [0.15, 0.2) is 22.7 Å². The van der Waals surface area contributed by atoms with Gasteiger partial charge in [-0.15, -0.1) is 11.6 Å². The molecule has 0 bridgehead atoms. The first-order chi connectivity index (χ1) is 8.60. The van der Waals surface area contributed by atoms with E-state index >= 15 is 0 Å². The predicted octanol–water partition coefficient (Wildman–Crippen LogP) is 3.91. The van der Waals surface area contributed by atoms with Gasteiger partial charge in [0.25, 0.3) is 0 Å². The third-order valence-electron chi connectivity index (χ3n) is 3.52. The van der Waals surface area contributed by atoms with Gasteiger partial charge in [0.15, 0.2) is 0 Å². The normalized spacial score (nSPS) is 25.1. The van der Waals surface area contributed by atoms with Crippen LogP contribution in [0.2, 0.25) is 0 Å². The van der Waals surface area contributed by atoms with Crippen LogP contribution in [0.5, 0.6) is 5.75 Å². The molecular formula is C14H19BrClNO. The first-order valence-corrected chi connectivity index (χ1v) is 7.52. The predicted molar refractivity (Wildman–Crippen MR) is 79.4 cm³/mol. The third-order valence-corrected chi connectivity index (χ3v) is 4.66. The van der Waals surface area contributed by atoms with Crippen LogP contribution in [-0.4, -0.2) is 30.5 Å². The Bertz CT molecular complexity index is 413. The zero-order chi connectivity index (χ0) is 13.1.